The summed E-state index contributed by atoms with van der Waals surface area (Å²) in [4.78, 5) is 11.7. The molecule has 0 N–H and O–H groups in total. The Morgan fingerprint density at radius 3 is 2.39 bits per heavy atom. The van der Waals surface area contributed by atoms with Crippen LogP contribution in [0.4, 0.5) is 0 Å². The van der Waals surface area contributed by atoms with Crippen LogP contribution >= 0.6 is 0 Å². The second kappa shape index (κ2) is 7.20. The molecule has 0 atom stereocenters. The number of carbonyl (C=O) groups excluding carboxylic acids is 1. The van der Waals surface area contributed by atoms with Gasteiger partial charge in [0, 0.05) is 0 Å². The van der Waals surface area contributed by atoms with Gasteiger partial charge in [0.2, 0.25) is 0 Å². The summed E-state index contributed by atoms with van der Waals surface area (Å²) >= 11 is 0. The van der Waals surface area contributed by atoms with E-state index in [2.05, 4.69) is 0 Å². The van der Waals surface area contributed by atoms with Crippen molar-refractivity contribution in [3.8, 4) is 0 Å². The van der Waals surface area contributed by atoms with E-state index < -0.39 is 0 Å². The highest BCUT2D eigenvalue weighted by Crippen LogP contribution is 2.25. The van der Waals surface area contributed by atoms with Gasteiger partial charge in [-0.3, -0.25) is 0 Å². The smallest absolute Gasteiger partial charge is 0.338 e. The number of ether oxygens (including phenoxy) is 1. The van der Waals surface area contributed by atoms with Crippen LogP contribution in [0.5, 0.6) is 0 Å². The van der Waals surface area contributed by atoms with Crippen LogP contribution in [0.3, 0.4) is 0 Å². The predicted molar refractivity (Wildman–Crippen MR) is 72.5 cm³/mol. The molecular weight excluding hydrogens is 224 g/mol. The highest BCUT2D eigenvalue weighted by molar-refractivity contribution is 5.89. The summed E-state index contributed by atoms with van der Waals surface area (Å²) in [6, 6.07) is 9.23. The number of benzene rings is 1. The average Bonchev–Trinajstić information content (AvgIpc) is 2.68. The van der Waals surface area contributed by atoms with Crippen molar-refractivity contribution in [1.29, 1.82) is 0 Å². The second-order valence-corrected chi connectivity index (χ2v) is 5.15. The summed E-state index contributed by atoms with van der Waals surface area (Å²) < 4.78 is 5.33. The summed E-state index contributed by atoms with van der Waals surface area (Å²) in [5.41, 5.74) is 0.651. The second-order valence-electron chi connectivity index (χ2n) is 5.15. The number of carbonyl (C=O) groups is 1. The normalized spacial score (nSPS) is 17.1. The highest BCUT2D eigenvalue weighted by atomic mass is 16.5. The minimum absolute atomic E-state index is 0.191. The molecule has 2 nitrogen and oxygen atoms in total. The third kappa shape index (κ3) is 4.17. The van der Waals surface area contributed by atoms with E-state index in [9.17, 15) is 4.79 Å². The Hall–Kier alpha value is -1.31. The van der Waals surface area contributed by atoms with Gasteiger partial charge in [-0.05, 0) is 24.5 Å². The maximum absolute atomic E-state index is 11.7. The first kappa shape index (κ1) is 13.1. The molecule has 1 aliphatic carbocycles. The zero-order valence-corrected chi connectivity index (χ0v) is 10.9. The molecule has 0 amide bonds. The molecule has 0 saturated heterocycles. The molecule has 0 aliphatic heterocycles. The van der Waals surface area contributed by atoms with E-state index in [1.54, 1.807) is 12.1 Å². The molecule has 1 aromatic rings. The fourth-order valence-electron chi connectivity index (χ4n) is 2.63. The lowest BCUT2D eigenvalue weighted by molar-refractivity contribution is 0.0479. The van der Waals surface area contributed by atoms with Gasteiger partial charge in [0.05, 0.1) is 12.2 Å². The van der Waals surface area contributed by atoms with E-state index in [0.29, 0.717) is 12.2 Å². The Labute approximate surface area is 109 Å². The molecule has 0 unspecified atom stereocenters. The van der Waals surface area contributed by atoms with Gasteiger partial charge in [-0.2, -0.15) is 0 Å². The van der Waals surface area contributed by atoms with Crippen molar-refractivity contribution in [2.45, 2.75) is 44.9 Å². The van der Waals surface area contributed by atoms with Crippen LogP contribution in [0.2, 0.25) is 0 Å². The number of esters is 1. The van der Waals surface area contributed by atoms with Crippen molar-refractivity contribution in [3.63, 3.8) is 0 Å². The van der Waals surface area contributed by atoms with E-state index in [1.165, 1.54) is 38.5 Å². The van der Waals surface area contributed by atoms with E-state index >= 15 is 0 Å². The van der Waals surface area contributed by atoms with Crippen molar-refractivity contribution >= 4 is 5.97 Å². The Morgan fingerprint density at radius 1 is 1.06 bits per heavy atom. The minimum Gasteiger partial charge on any atom is -0.462 e. The summed E-state index contributed by atoms with van der Waals surface area (Å²) in [5.74, 6) is 0.570. The topological polar surface area (TPSA) is 26.3 Å². The maximum Gasteiger partial charge on any atom is 0.338 e. The van der Waals surface area contributed by atoms with Crippen LogP contribution in [-0.4, -0.2) is 12.6 Å². The van der Waals surface area contributed by atoms with Crippen LogP contribution in [0, 0.1) is 5.92 Å². The van der Waals surface area contributed by atoms with Crippen molar-refractivity contribution in [2.75, 3.05) is 6.61 Å². The molecule has 2 heteroatoms. The van der Waals surface area contributed by atoms with Crippen molar-refractivity contribution < 1.29 is 9.53 Å². The quantitative estimate of drug-likeness (QED) is 0.587. The number of hydrogen-bond donors (Lipinski definition) is 0. The lowest BCUT2D eigenvalue weighted by atomic mass is 9.97. The fraction of sp³-hybridized carbons (Fsp3) is 0.562. The monoisotopic (exact) mass is 246 g/mol. The average molecular weight is 246 g/mol. The Bertz CT molecular complexity index is 351. The van der Waals surface area contributed by atoms with Crippen LogP contribution in [-0.2, 0) is 4.74 Å². The summed E-state index contributed by atoms with van der Waals surface area (Å²) in [7, 11) is 0. The van der Waals surface area contributed by atoms with Gasteiger partial charge in [0.15, 0.2) is 0 Å². The number of rotatable bonds is 4. The molecular formula is C16H22O2. The molecule has 1 saturated carbocycles. The predicted octanol–water partition coefficient (Wildman–Crippen LogP) is 4.20. The lowest BCUT2D eigenvalue weighted by Crippen LogP contribution is -2.10. The summed E-state index contributed by atoms with van der Waals surface area (Å²) in [6.07, 6.45) is 9.08. The van der Waals surface area contributed by atoms with Crippen LogP contribution < -0.4 is 0 Å². The van der Waals surface area contributed by atoms with Crippen LogP contribution in [0.1, 0.15) is 55.3 Å². The molecule has 0 bridgehead atoms. The third-order valence-electron chi connectivity index (χ3n) is 3.74. The standard InChI is InChI=1S/C16H22O2/c17-16(15-10-6-3-7-11-15)18-13-12-14-8-4-1-2-5-9-14/h3,6-7,10-11,14H,1-2,4-5,8-9,12-13H2. The molecule has 1 fully saturated rings. The fourth-order valence-corrected chi connectivity index (χ4v) is 2.63. The van der Waals surface area contributed by atoms with Crippen LogP contribution in [0.25, 0.3) is 0 Å². The SMILES string of the molecule is O=C(OCCC1CCCCCC1)c1ccccc1. The minimum atomic E-state index is -0.191. The Kier molecular flexibility index (Phi) is 5.25. The van der Waals surface area contributed by atoms with E-state index in [4.69, 9.17) is 4.74 Å². The van der Waals surface area contributed by atoms with Crippen LogP contribution in [0.15, 0.2) is 30.3 Å². The molecule has 0 aromatic heterocycles. The van der Waals surface area contributed by atoms with Gasteiger partial charge in [0.25, 0.3) is 0 Å². The molecule has 18 heavy (non-hydrogen) atoms. The first-order valence-electron chi connectivity index (χ1n) is 7.08. The van der Waals surface area contributed by atoms with E-state index in [-0.39, 0.29) is 5.97 Å². The van der Waals surface area contributed by atoms with Crippen molar-refractivity contribution in [1.82, 2.24) is 0 Å². The zero-order valence-electron chi connectivity index (χ0n) is 10.9. The molecule has 2 rings (SSSR count). The van der Waals surface area contributed by atoms with Crippen molar-refractivity contribution in [3.05, 3.63) is 35.9 Å². The lowest BCUT2D eigenvalue weighted by Gasteiger charge is -2.13. The molecule has 98 valence electrons. The molecule has 1 aromatic carbocycles. The molecule has 1 aliphatic rings. The Balaban J connectivity index is 1.70. The van der Waals surface area contributed by atoms with Crippen molar-refractivity contribution in [2.24, 2.45) is 5.92 Å². The van der Waals surface area contributed by atoms with E-state index in [0.717, 1.165) is 12.3 Å². The maximum atomic E-state index is 11.7. The first-order chi connectivity index (χ1) is 8.86. The Morgan fingerprint density at radius 2 is 1.72 bits per heavy atom. The highest BCUT2D eigenvalue weighted by Gasteiger charge is 2.13. The van der Waals surface area contributed by atoms with E-state index in [1.807, 2.05) is 18.2 Å². The van der Waals surface area contributed by atoms with Gasteiger partial charge in [-0.15, -0.1) is 0 Å². The first-order valence-corrected chi connectivity index (χ1v) is 7.08. The summed E-state index contributed by atoms with van der Waals surface area (Å²) in [5, 5.41) is 0. The van der Waals surface area contributed by atoms with Gasteiger partial charge in [0.1, 0.15) is 0 Å². The molecule has 0 heterocycles. The summed E-state index contributed by atoms with van der Waals surface area (Å²) in [6.45, 7) is 0.568. The number of hydrogen-bond acceptors (Lipinski definition) is 2. The van der Waals surface area contributed by atoms with Gasteiger partial charge in [-0.1, -0.05) is 56.7 Å². The largest absolute Gasteiger partial charge is 0.462 e. The van der Waals surface area contributed by atoms with Gasteiger partial charge < -0.3 is 4.74 Å². The molecule has 0 spiro atoms. The molecule has 0 radical (unpaired) electrons. The third-order valence-corrected chi connectivity index (χ3v) is 3.74. The van der Waals surface area contributed by atoms with Gasteiger partial charge in [-0.25, -0.2) is 4.79 Å². The zero-order chi connectivity index (χ0) is 12.6. The van der Waals surface area contributed by atoms with Gasteiger partial charge >= 0.3 is 5.97 Å².